The smallest absolute Gasteiger partial charge is 0.263 e. The number of hydrogen-bond donors (Lipinski definition) is 0. The van der Waals surface area contributed by atoms with Gasteiger partial charge < -0.3 is 14.3 Å². The van der Waals surface area contributed by atoms with Gasteiger partial charge in [-0.05, 0) is 31.4 Å². The van der Waals surface area contributed by atoms with Gasteiger partial charge in [0.1, 0.15) is 17.5 Å². The minimum Gasteiger partial charge on any atom is -0.371 e. The van der Waals surface area contributed by atoms with Crippen molar-refractivity contribution >= 4 is 22.6 Å². The van der Waals surface area contributed by atoms with Crippen LogP contribution in [0.4, 0.5) is 11.5 Å². The molecule has 0 saturated carbocycles. The third-order valence-corrected chi connectivity index (χ3v) is 4.72. The molecular weight excluding hydrogens is 302 g/mol. The normalized spacial score (nSPS) is 17.6. The fraction of sp³-hybridized carbons (Fsp3) is 0.389. The Morgan fingerprint density at radius 2 is 2.08 bits per heavy atom. The van der Waals surface area contributed by atoms with Gasteiger partial charge in [-0.15, -0.1) is 0 Å². The van der Waals surface area contributed by atoms with Crippen molar-refractivity contribution in [2.45, 2.75) is 13.3 Å². The second-order valence-corrected chi connectivity index (χ2v) is 6.46. The topological polar surface area (TPSA) is 58.3 Å². The number of hydrogen-bond acceptors (Lipinski definition) is 6. The van der Waals surface area contributed by atoms with Crippen LogP contribution in [0.15, 0.2) is 41.2 Å². The molecule has 0 spiro atoms. The SMILES string of the molecule is Cc1noc2ncnc(N(C)C[C@H]3CCN(c4ccccc4)C3)c12. The predicted octanol–water partition coefficient (Wildman–Crippen LogP) is 2.89. The monoisotopic (exact) mass is 323 g/mol. The number of para-hydroxylation sites is 1. The Bertz CT molecular complexity index is 832. The van der Waals surface area contributed by atoms with E-state index in [0.29, 0.717) is 11.6 Å². The molecule has 0 bridgehead atoms. The first-order valence-electron chi connectivity index (χ1n) is 8.30. The number of nitrogens with zero attached hydrogens (tertiary/aromatic N) is 5. The van der Waals surface area contributed by atoms with Gasteiger partial charge in [-0.25, -0.2) is 4.98 Å². The first-order chi connectivity index (χ1) is 11.7. The summed E-state index contributed by atoms with van der Waals surface area (Å²) < 4.78 is 5.25. The van der Waals surface area contributed by atoms with Crippen LogP contribution < -0.4 is 9.80 Å². The molecule has 1 aliphatic heterocycles. The van der Waals surface area contributed by atoms with E-state index in [1.165, 1.54) is 12.1 Å². The van der Waals surface area contributed by atoms with Gasteiger partial charge >= 0.3 is 0 Å². The minimum atomic E-state index is 0.557. The van der Waals surface area contributed by atoms with Gasteiger partial charge in [-0.3, -0.25) is 0 Å². The van der Waals surface area contributed by atoms with Crippen LogP contribution >= 0.6 is 0 Å². The predicted molar refractivity (Wildman–Crippen MR) is 94.4 cm³/mol. The average molecular weight is 323 g/mol. The van der Waals surface area contributed by atoms with E-state index >= 15 is 0 Å². The van der Waals surface area contributed by atoms with E-state index in [2.05, 4.69) is 62.3 Å². The Labute approximate surface area is 141 Å². The van der Waals surface area contributed by atoms with E-state index in [9.17, 15) is 0 Å². The maximum atomic E-state index is 5.25. The Morgan fingerprint density at radius 3 is 2.92 bits per heavy atom. The number of anilines is 2. The van der Waals surface area contributed by atoms with Crippen molar-refractivity contribution in [2.24, 2.45) is 5.92 Å². The highest BCUT2D eigenvalue weighted by atomic mass is 16.5. The number of aryl methyl sites for hydroxylation is 1. The highest BCUT2D eigenvalue weighted by Crippen LogP contribution is 2.28. The molecule has 0 unspecified atom stereocenters. The highest BCUT2D eigenvalue weighted by Gasteiger charge is 2.25. The first-order valence-corrected chi connectivity index (χ1v) is 8.30. The van der Waals surface area contributed by atoms with Crippen LogP contribution in [-0.2, 0) is 0 Å². The van der Waals surface area contributed by atoms with Crippen LogP contribution in [0.1, 0.15) is 12.1 Å². The first kappa shape index (κ1) is 14.9. The lowest BCUT2D eigenvalue weighted by Gasteiger charge is -2.23. The van der Waals surface area contributed by atoms with Crippen LogP contribution in [0, 0.1) is 12.8 Å². The molecule has 1 fully saturated rings. The maximum absolute atomic E-state index is 5.25. The van der Waals surface area contributed by atoms with E-state index in [1.807, 2.05) is 6.92 Å². The second-order valence-electron chi connectivity index (χ2n) is 6.46. The van der Waals surface area contributed by atoms with Crippen LogP contribution in [0.5, 0.6) is 0 Å². The van der Waals surface area contributed by atoms with Gasteiger partial charge in [0.2, 0.25) is 0 Å². The van der Waals surface area contributed by atoms with Crippen LogP contribution in [-0.4, -0.2) is 41.8 Å². The molecule has 4 rings (SSSR count). The van der Waals surface area contributed by atoms with Gasteiger partial charge in [0.25, 0.3) is 5.71 Å². The maximum Gasteiger partial charge on any atom is 0.263 e. The Balaban J connectivity index is 1.48. The summed E-state index contributed by atoms with van der Waals surface area (Å²) in [5.74, 6) is 1.51. The quantitative estimate of drug-likeness (QED) is 0.736. The summed E-state index contributed by atoms with van der Waals surface area (Å²) in [6, 6.07) is 10.6. The minimum absolute atomic E-state index is 0.557. The van der Waals surface area contributed by atoms with Crippen molar-refractivity contribution in [3.05, 3.63) is 42.4 Å². The van der Waals surface area contributed by atoms with E-state index < -0.39 is 0 Å². The van der Waals surface area contributed by atoms with Crippen molar-refractivity contribution < 1.29 is 4.52 Å². The summed E-state index contributed by atoms with van der Waals surface area (Å²) in [4.78, 5) is 13.3. The molecule has 1 atom stereocenters. The van der Waals surface area contributed by atoms with E-state index in [4.69, 9.17) is 4.52 Å². The van der Waals surface area contributed by atoms with Crippen molar-refractivity contribution in [1.82, 2.24) is 15.1 Å². The lowest BCUT2D eigenvalue weighted by atomic mass is 10.1. The Morgan fingerprint density at radius 1 is 1.25 bits per heavy atom. The summed E-state index contributed by atoms with van der Waals surface area (Å²) >= 11 is 0. The fourth-order valence-electron chi connectivity index (χ4n) is 3.52. The molecule has 2 aromatic heterocycles. The fourth-order valence-corrected chi connectivity index (χ4v) is 3.52. The molecule has 0 amide bonds. The zero-order valence-electron chi connectivity index (χ0n) is 14.0. The second kappa shape index (κ2) is 6.11. The largest absolute Gasteiger partial charge is 0.371 e. The van der Waals surface area contributed by atoms with Crippen LogP contribution in [0.2, 0.25) is 0 Å². The molecule has 0 N–H and O–H groups in total. The van der Waals surface area contributed by atoms with Gasteiger partial charge in [0, 0.05) is 32.4 Å². The summed E-state index contributed by atoms with van der Waals surface area (Å²) in [6.07, 6.45) is 2.74. The molecule has 1 saturated heterocycles. The Kier molecular flexibility index (Phi) is 3.80. The third kappa shape index (κ3) is 2.68. The number of rotatable bonds is 4. The van der Waals surface area contributed by atoms with Crippen molar-refractivity contribution in [1.29, 1.82) is 0 Å². The Hall–Kier alpha value is -2.63. The number of fused-ring (bicyclic) bond motifs is 1. The molecule has 6 heteroatoms. The molecule has 1 aliphatic rings. The van der Waals surface area contributed by atoms with Crippen LogP contribution in [0.25, 0.3) is 11.1 Å². The van der Waals surface area contributed by atoms with Crippen molar-refractivity contribution in [3.8, 4) is 0 Å². The van der Waals surface area contributed by atoms with E-state index in [-0.39, 0.29) is 0 Å². The molecule has 6 nitrogen and oxygen atoms in total. The van der Waals surface area contributed by atoms with Gasteiger partial charge in [-0.1, -0.05) is 23.4 Å². The molecule has 0 radical (unpaired) electrons. The molecule has 24 heavy (non-hydrogen) atoms. The summed E-state index contributed by atoms with van der Waals surface area (Å²) in [5, 5.41) is 4.92. The molecular formula is C18H21N5O. The molecule has 3 heterocycles. The van der Waals surface area contributed by atoms with Crippen molar-refractivity contribution in [3.63, 3.8) is 0 Å². The van der Waals surface area contributed by atoms with Gasteiger partial charge in [0.05, 0.1) is 5.69 Å². The molecule has 124 valence electrons. The third-order valence-electron chi connectivity index (χ3n) is 4.72. The summed E-state index contributed by atoms with van der Waals surface area (Å²) in [7, 11) is 2.08. The summed E-state index contributed by atoms with van der Waals surface area (Å²) in [6.45, 7) is 5.07. The van der Waals surface area contributed by atoms with Crippen LogP contribution in [0.3, 0.4) is 0 Å². The van der Waals surface area contributed by atoms with Gasteiger partial charge in [-0.2, -0.15) is 4.98 Å². The number of benzene rings is 1. The zero-order chi connectivity index (χ0) is 16.5. The highest BCUT2D eigenvalue weighted by molar-refractivity contribution is 5.87. The molecule has 0 aliphatic carbocycles. The lowest BCUT2D eigenvalue weighted by Crippen LogP contribution is -2.29. The standard InChI is InChI=1S/C18H21N5O/c1-13-16-17(19-12-20-18(16)24-21-13)22(2)10-14-8-9-23(11-14)15-6-4-3-5-7-15/h3-7,12,14H,8-11H2,1-2H3/t14-/m1/s1. The van der Waals surface area contributed by atoms with E-state index in [0.717, 1.165) is 36.5 Å². The molecule has 3 aromatic rings. The zero-order valence-corrected chi connectivity index (χ0v) is 14.0. The number of aromatic nitrogens is 3. The molecule has 1 aromatic carbocycles. The van der Waals surface area contributed by atoms with E-state index in [1.54, 1.807) is 6.33 Å². The lowest BCUT2D eigenvalue weighted by molar-refractivity contribution is 0.442. The average Bonchev–Trinajstić information content (AvgIpc) is 3.23. The van der Waals surface area contributed by atoms with Crippen molar-refractivity contribution in [2.75, 3.05) is 36.5 Å². The van der Waals surface area contributed by atoms with Gasteiger partial charge in [0.15, 0.2) is 0 Å². The summed E-state index contributed by atoms with van der Waals surface area (Å²) in [5.41, 5.74) is 2.70.